The molecule has 20 heavy (non-hydrogen) atoms. The van der Waals surface area contributed by atoms with Crippen molar-refractivity contribution >= 4 is 11.7 Å². The number of carbonyl (C=O) groups is 2. The molecule has 2 fully saturated rings. The van der Waals surface area contributed by atoms with Crippen LogP contribution in [-0.4, -0.2) is 59.2 Å². The molecule has 2 saturated heterocycles. The van der Waals surface area contributed by atoms with Crippen molar-refractivity contribution in [2.24, 2.45) is 5.73 Å². The lowest BCUT2D eigenvalue weighted by atomic mass is 10.1. The van der Waals surface area contributed by atoms with E-state index in [2.05, 4.69) is 0 Å². The van der Waals surface area contributed by atoms with Gasteiger partial charge < -0.3 is 25.4 Å². The topological polar surface area (TPSA) is 106 Å². The third kappa shape index (κ3) is 2.71. The number of amides is 1. The Bertz CT molecular complexity index is 378. The second kappa shape index (κ2) is 5.40. The highest BCUT2D eigenvalue weighted by Crippen LogP contribution is 2.30. The summed E-state index contributed by atoms with van der Waals surface area (Å²) >= 11 is 0. The summed E-state index contributed by atoms with van der Waals surface area (Å²) in [6.45, 7) is 2.31. The van der Waals surface area contributed by atoms with Gasteiger partial charge in [-0.25, -0.2) is 0 Å². The summed E-state index contributed by atoms with van der Waals surface area (Å²) in [6, 6.07) is -1.28. The number of Topliss-reactive ketones (excluding diaryl/α,β-unsaturated/α-hetero) is 1. The van der Waals surface area contributed by atoms with Crippen molar-refractivity contribution in [1.82, 2.24) is 0 Å². The van der Waals surface area contributed by atoms with Crippen LogP contribution in [0.2, 0.25) is 0 Å². The molecule has 0 aliphatic carbocycles. The molecule has 0 radical (unpaired) electrons. The van der Waals surface area contributed by atoms with Gasteiger partial charge in [0, 0.05) is 32.6 Å². The number of ketones is 1. The number of rotatable bonds is 5. The number of likely N-dealkylation sites (tertiary alicyclic amines) is 2. The quantitative estimate of drug-likeness (QED) is 0.567. The van der Waals surface area contributed by atoms with Crippen LogP contribution in [-0.2, 0) is 9.59 Å². The second-order valence-corrected chi connectivity index (χ2v) is 6.13. The fourth-order valence-corrected chi connectivity index (χ4v) is 3.67. The van der Waals surface area contributed by atoms with Crippen LogP contribution in [0.15, 0.2) is 0 Å². The van der Waals surface area contributed by atoms with E-state index in [0.717, 1.165) is 0 Å². The van der Waals surface area contributed by atoms with E-state index < -0.39 is 27.3 Å². The van der Waals surface area contributed by atoms with Crippen molar-refractivity contribution in [3.05, 3.63) is 10.4 Å². The summed E-state index contributed by atoms with van der Waals surface area (Å²) in [7, 11) is 0. The molecule has 2 aliphatic heterocycles. The predicted octanol–water partition coefficient (Wildman–Crippen LogP) is 0.0147. The van der Waals surface area contributed by atoms with Gasteiger partial charge in [0.05, 0.1) is 13.1 Å². The van der Waals surface area contributed by atoms with Crippen molar-refractivity contribution in [3.63, 3.8) is 0 Å². The zero-order valence-corrected chi connectivity index (χ0v) is 11.9. The number of primary amides is 1. The van der Waals surface area contributed by atoms with Gasteiger partial charge in [0.15, 0.2) is 11.8 Å². The van der Waals surface area contributed by atoms with Gasteiger partial charge in [-0.15, -0.1) is 0 Å². The predicted molar refractivity (Wildman–Crippen MR) is 72.6 cm³/mol. The van der Waals surface area contributed by atoms with Gasteiger partial charge in [0.2, 0.25) is 0 Å². The molecule has 0 aromatic carbocycles. The maximum absolute atomic E-state index is 12.7. The summed E-state index contributed by atoms with van der Waals surface area (Å²) in [5.41, 5.74) is 5.27. The van der Waals surface area contributed by atoms with Crippen LogP contribution in [0.4, 0.5) is 0 Å². The van der Waals surface area contributed by atoms with Gasteiger partial charge in [-0.2, -0.15) is 0 Å². The molecule has 114 valence electrons. The zero-order chi connectivity index (χ0) is 15.0. The average Bonchev–Trinajstić information content (AvgIpc) is 2.91. The Hall–Kier alpha value is -1.02. The minimum Gasteiger partial charge on any atom is -0.632 e. The number of nitrogens with two attached hydrogens (primary N) is 1. The normalized spacial score (nSPS) is 41.0. The smallest absolute Gasteiger partial charge is 0.276 e. The minimum atomic E-state index is -0.736. The van der Waals surface area contributed by atoms with Crippen molar-refractivity contribution in [1.29, 1.82) is 0 Å². The Morgan fingerprint density at radius 3 is 1.95 bits per heavy atom. The summed E-state index contributed by atoms with van der Waals surface area (Å²) in [6.07, 6.45) is 2.46. The van der Waals surface area contributed by atoms with Crippen molar-refractivity contribution in [2.75, 3.05) is 26.2 Å². The average molecular weight is 285 g/mol. The van der Waals surface area contributed by atoms with Gasteiger partial charge in [-0.05, 0) is 0 Å². The molecule has 0 bridgehead atoms. The maximum Gasteiger partial charge on any atom is 0.276 e. The lowest BCUT2D eigenvalue weighted by Gasteiger charge is -2.48. The molecule has 0 aromatic rings. The first kappa shape index (κ1) is 15.4. The first-order valence-corrected chi connectivity index (χ1v) is 7.24. The molecule has 0 unspecified atom stereocenters. The van der Waals surface area contributed by atoms with Crippen LogP contribution in [0.3, 0.4) is 0 Å². The standard InChI is InChI=1S/C13H23N3O4/c1-10(17)11-4-2-6-15(11,19)8-9-16(20)7-3-5-12(16)13(14)18/h11-12H,2-9H2,1H3,(H2,14,18)/t11-,12-,15+,16+/m0/s1. The van der Waals surface area contributed by atoms with E-state index in [0.29, 0.717) is 38.8 Å². The third-order valence-corrected chi connectivity index (χ3v) is 4.82. The molecule has 0 saturated carbocycles. The molecule has 2 heterocycles. The highest BCUT2D eigenvalue weighted by molar-refractivity contribution is 5.80. The van der Waals surface area contributed by atoms with Crippen LogP contribution >= 0.6 is 0 Å². The summed E-state index contributed by atoms with van der Waals surface area (Å²) in [5.74, 6) is -0.692. The molecule has 2 aliphatic rings. The molecular weight excluding hydrogens is 262 g/mol. The van der Waals surface area contributed by atoms with E-state index in [1.807, 2.05) is 0 Å². The van der Waals surface area contributed by atoms with E-state index in [4.69, 9.17) is 5.73 Å². The van der Waals surface area contributed by atoms with Crippen LogP contribution in [0, 0.1) is 10.4 Å². The Morgan fingerprint density at radius 2 is 1.50 bits per heavy atom. The number of hydrogen-bond acceptors (Lipinski definition) is 4. The van der Waals surface area contributed by atoms with E-state index in [-0.39, 0.29) is 18.9 Å². The number of nitrogens with zero attached hydrogens (tertiary/aromatic N) is 2. The molecule has 0 spiro atoms. The third-order valence-electron chi connectivity index (χ3n) is 4.82. The molecular formula is C13H23N3O4. The van der Waals surface area contributed by atoms with Gasteiger partial charge in [0.1, 0.15) is 19.1 Å². The summed E-state index contributed by atoms with van der Waals surface area (Å²) in [4.78, 5) is 22.9. The van der Waals surface area contributed by atoms with Crippen molar-refractivity contribution in [3.8, 4) is 0 Å². The largest absolute Gasteiger partial charge is 0.632 e. The van der Waals surface area contributed by atoms with Gasteiger partial charge >= 0.3 is 0 Å². The molecule has 2 N–H and O–H groups in total. The lowest BCUT2D eigenvalue weighted by Crippen LogP contribution is -2.59. The number of hydrogen-bond donors (Lipinski definition) is 1. The highest BCUT2D eigenvalue weighted by Gasteiger charge is 2.43. The van der Waals surface area contributed by atoms with E-state index in [9.17, 15) is 20.0 Å². The zero-order valence-electron chi connectivity index (χ0n) is 11.9. The van der Waals surface area contributed by atoms with E-state index >= 15 is 0 Å². The first-order chi connectivity index (χ1) is 9.28. The van der Waals surface area contributed by atoms with Gasteiger partial charge in [-0.3, -0.25) is 9.59 Å². The van der Waals surface area contributed by atoms with Crippen molar-refractivity contribution < 1.29 is 18.9 Å². The Kier molecular flexibility index (Phi) is 4.15. The van der Waals surface area contributed by atoms with Crippen molar-refractivity contribution in [2.45, 2.75) is 44.7 Å². The Balaban J connectivity index is 2.04. The van der Waals surface area contributed by atoms with E-state index in [1.165, 1.54) is 6.92 Å². The lowest BCUT2D eigenvalue weighted by molar-refractivity contribution is -0.938. The van der Waals surface area contributed by atoms with Gasteiger partial charge in [-0.1, -0.05) is 0 Å². The number of quaternary nitrogens is 2. The minimum absolute atomic E-state index is 0.0703. The van der Waals surface area contributed by atoms with Gasteiger partial charge in [0.25, 0.3) is 5.91 Å². The molecule has 7 nitrogen and oxygen atoms in total. The molecule has 2 rings (SSSR count). The molecule has 7 heteroatoms. The van der Waals surface area contributed by atoms with E-state index in [1.54, 1.807) is 0 Å². The van der Waals surface area contributed by atoms with Crippen LogP contribution in [0.25, 0.3) is 0 Å². The van der Waals surface area contributed by atoms with Crippen LogP contribution in [0.5, 0.6) is 0 Å². The number of hydroxylamine groups is 6. The monoisotopic (exact) mass is 285 g/mol. The molecule has 4 atom stereocenters. The SMILES string of the molecule is CC(=O)[C@@H]1CCC[N@@+]1([O-])CC[N@+]1([O-])CCC[C@H]1C(N)=O. The fraction of sp³-hybridized carbons (Fsp3) is 0.846. The molecule has 0 aromatic heterocycles. The van der Waals surface area contributed by atoms with Crippen LogP contribution in [0.1, 0.15) is 32.6 Å². The summed E-state index contributed by atoms with van der Waals surface area (Å²) < 4.78 is -1.30. The number of carbonyl (C=O) groups excluding carboxylic acids is 2. The fourth-order valence-electron chi connectivity index (χ4n) is 3.67. The Morgan fingerprint density at radius 1 is 1.05 bits per heavy atom. The summed E-state index contributed by atoms with van der Waals surface area (Å²) in [5, 5.41) is 25.4. The first-order valence-electron chi connectivity index (χ1n) is 7.24. The highest BCUT2D eigenvalue weighted by atomic mass is 16.6. The van der Waals surface area contributed by atoms with Crippen LogP contribution < -0.4 is 5.73 Å². The second-order valence-electron chi connectivity index (χ2n) is 6.13. The Labute approximate surface area is 118 Å². The molecule has 1 amide bonds. The maximum atomic E-state index is 12.7.